The van der Waals surface area contributed by atoms with Gasteiger partial charge in [-0.3, -0.25) is 0 Å². The fourth-order valence-electron chi connectivity index (χ4n) is 2.98. The molecule has 1 atom stereocenters. The van der Waals surface area contributed by atoms with Crippen LogP contribution in [0.2, 0.25) is 0 Å². The lowest BCUT2D eigenvalue weighted by Crippen LogP contribution is -2.20. The van der Waals surface area contributed by atoms with E-state index in [1.807, 2.05) is 7.05 Å². The molecule has 20 heavy (non-hydrogen) atoms. The Labute approximate surface area is 123 Å². The Morgan fingerprint density at radius 2 is 1.65 bits per heavy atom. The summed E-state index contributed by atoms with van der Waals surface area (Å²) < 4.78 is 0. The van der Waals surface area contributed by atoms with E-state index in [1.54, 1.807) is 0 Å². The third kappa shape index (κ3) is 3.10. The van der Waals surface area contributed by atoms with Gasteiger partial charge in [0.2, 0.25) is 0 Å². The van der Waals surface area contributed by atoms with E-state index in [0.29, 0.717) is 0 Å². The molecule has 0 aliphatic rings. The van der Waals surface area contributed by atoms with Gasteiger partial charge in [-0.25, -0.2) is 0 Å². The molecule has 1 nitrogen and oxygen atoms in total. The van der Waals surface area contributed by atoms with Crippen molar-refractivity contribution in [2.45, 2.75) is 39.7 Å². The SMILES string of the molecule is CCCc1cccc(C(NC)c2c(C)cccc2C)c1. The summed E-state index contributed by atoms with van der Waals surface area (Å²) in [4.78, 5) is 0. The Morgan fingerprint density at radius 1 is 1.00 bits per heavy atom. The molecule has 0 aromatic heterocycles. The maximum Gasteiger partial charge on any atom is 0.0579 e. The average molecular weight is 267 g/mol. The van der Waals surface area contributed by atoms with Gasteiger partial charge in [-0.1, -0.05) is 55.8 Å². The Bertz CT molecular complexity index is 551. The normalized spacial score (nSPS) is 12.4. The van der Waals surface area contributed by atoms with E-state index in [2.05, 4.69) is 68.6 Å². The minimum Gasteiger partial charge on any atom is -0.309 e. The molecule has 1 N–H and O–H groups in total. The number of benzene rings is 2. The van der Waals surface area contributed by atoms with Gasteiger partial charge in [-0.2, -0.15) is 0 Å². The number of hydrogen-bond acceptors (Lipinski definition) is 1. The molecule has 1 unspecified atom stereocenters. The maximum atomic E-state index is 3.49. The van der Waals surface area contributed by atoms with Crippen LogP contribution in [-0.2, 0) is 6.42 Å². The Morgan fingerprint density at radius 3 is 2.25 bits per heavy atom. The second-order valence-electron chi connectivity index (χ2n) is 5.52. The molecule has 0 saturated heterocycles. The predicted octanol–water partition coefficient (Wildman–Crippen LogP) is 4.56. The van der Waals surface area contributed by atoms with Crippen LogP contribution in [0.15, 0.2) is 42.5 Å². The summed E-state index contributed by atoms with van der Waals surface area (Å²) >= 11 is 0. The van der Waals surface area contributed by atoms with Crippen molar-refractivity contribution in [3.8, 4) is 0 Å². The smallest absolute Gasteiger partial charge is 0.0579 e. The third-order valence-corrected chi connectivity index (χ3v) is 3.94. The summed E-state index contributed by atoms with van der Waals surface area (Å²) in [5.41, 5.74) is 6.89. The molecule has 106 valence electrons. The van der Waals surface area contributed by atoms with E-state index < -0.39 is 0 Å². The average Bonchev–Trinajstić information content (AvgIpc) is 2.44. The largest absolute Gasteiger partial charge is 0.309 e. The van der Waals surface area contributed by atoms with Crippen molar-refractivity contribution in [3.05, 3.63) is 70.3 Å². The highest BCUT2D eigenvalue weighted by Gasteiger charge is 2.16. The zero-order valence-corrected chi connectivity index (χ0v) is 13.0. The van der Waals surface area contributed by atoms with Crippen molar-refractivity contribution in [3.63, 3.8) is 0 Å². The van der Waals surface area contributed by atoms with Gasteiger partial charge < -0.3 is 5.32 Å². The van der Waals surface area contributed by atoms with Gasteiger partial charge in [0, 0.05) is 0 Å². The predicted molar refractivity (Wildman–Crippen MR) is 87.3 cm³/mol. The number of hydrogen-bond donors (Lipinski definition) is 1. The van der Waals surface area contributed by atoms with E-state index in [4.69, 9.17) is 0 Å². The van der Waals surface area contributed by atoms with Crippen LogP contribution in [0.1, 0.15) is 47.2 Å². The summed E-state index contributed by atoms with van der Waals surface area (Å²) in [7, 11) is 2.04. The molecule has 2 aromatic rings. The molecule has 0 spiro atoms. The first-order valence-corrected chi connectivity index (χ1v) is 7.49. The van der Waals surface area contributed by atoms with Gasteiger partial charge >= 0.3 is 0 Å². The zero-order chi connectivity index (χ0) is 14.5. The standard InChI is InChI=1S/C19H25N/c1-5-8-16-11-7-12-17(13-16)19(20-4)18-14(2)9-6-10-15(18)3/h6-7,9-13,19-20H,5,8H2,1-4H3. The quantitative estimate of drug-likeness (QED) is 0.837. The van der Waals surface area contributed by atoms with Crippen molar-refractivity contribution in [2.24, 2.45) is 0 Å². The second-order valence-corrected chi connectivity index (χ2v) is 5.52. The van der Waals surface area contributed by atoms with Crippen molar-refractivity contribution < 1.29 is 0 Å². The minimum absolute atomic E-state index is 0.271. The molecule has 1 heteroatoms. The fraction of sp³-hybridized carbons (Fsp3) is 0.368. The van der Waals surface area contributed by atoms with Crippen LogP contribution < -0.4 is 5.32 Å². The number of rotatable bonds is 5. The Kier molecular flexibility index (Phi) is 4.97. The van der Waals surface area contributed by atoms with Gasteiger partial charge in [0.05, 0.1) is 6.04 Å². The van der Waals surface area contributed by atoms with E-state index in [0.717, 1.165) is 6.42 Å². The minimum atomic E-state index is 0.271. The summed E-state index contributed by atoms with van der Waals surface area (Å²) in [6.07, 6.45) is 2.34. The summed E-state index contributed by atoms with van der Waals surface area (Å²) in [5, 5.41) is 3.49. The van der Waals surface area contributed by atoms with Crippen molar-refractivity contribution in [1.29, 1.82) is 0 Å². The molecule has 0 amide bonds. The molecular weight excluding hydrogens is 242 g/mol. The molecule has 0 radical (unpaired) electrons. The lowest BCUT2D eigenvalue weighted by atomic mass is 9.90. The van der Waals surface area contributed by atoms with Gasteiger partial charge in [0.1, 0.15) is 0 Å². The first-order chi connectivity index (χ1) is 9.67. The van der Waals surface area contributed by atoms with Crippen LogP contribution in [0.25, 0.3) is 0 Å². The van der Waals surface area contributed by atoms with Gasteiger partial charge in [-0.15, -0.1) is 0 Å². The number of aryl methyl sites for hydroxylation is 3. The van der Waals surface area contributed by atoms with E-state index in [-0.39, 0.29) is 6.04 Å². The summed E-state index contributed by atoms with van der Waals surface area (Å²) in [5.74, 6) is 0. The van der Waals surface area contributed by atoms with Gasteiger partial charge in [0.15, 0.2) is 0 Å². The van der Waals surface area contributed by atoms with Gasteiger partial charge in [-0.05, 0) is 55.1 Å². The summed E-state index contributed by atoms with van der Waals surface area (Å²) in [6, 6.07) is 15.8. The lowest BCUT2D eigenvalue weighted by Gasteiger charge is -2.22. The first kappa shape index (κ1) is 14.8. The number of nitrogens with one attached hydrogen (secondary N) is 1. The Balaban J connectivity index is 2.44. The molecule has 2 rings (SSSR count). The second kappa shape index (κ2) is 6.71. The molecule has 0 saturated carbocycles. The highest BCUT2D eigenvalue weighted by molar-refractivity contribution is 5.42. The van der Waals surface area contributed by atoms with E-state index in [1.165, 1.54) is 34.2 Å². The Hall–Kier alpha value is -1.60. The van der Waals surface area contributed by atoms with Crippen LogP contribution in [0.4, 0.5) is 0 Å². The molecule has 0 aliphatic carbocycles. The van der Waals surface area contributed by atoms with Crippen LogP contribution in [0, 0.1) is 13.8 Å². The molecule has 2 aromatic carbocycles. The van der Waals surface area contributed by atoms with E-state index >= 15 is 0 Å². The van der Waals surface area contributed by atoms with Crippen LogP contribution in [0.5, 0.6) is 0 Å². The summed E-state index contributed by atoms with van der Waals surface area (Å²) in [6.45, 7) is 6.62. The molecule has 0 heterocycles. The molecule has 0 fully saturated rings. The molecule has 0 bridgehead atoms. The molecule has 0 aliphatic heterocycles. The third-order valence-electron chi connectivity index (χ3n) is 3.94. The van der Waals surface area contributed by atoms with E-state index in [9.17, 15) is 0 Å². The monoisotopic (exact) mass is 267 g/mol. The highest BCUT2D eigenvalue weighted by atomic mass is 14.9. The molecular formula is C19H25N. The van der Waals surface area contributed by atoms with Crippen LogP contribution in [-0.4, -0.2) is 7.05 Å². The van der Waals surface area contributed by atoms with Gasteiger partial charge in [0.25, 0.3) is 0 Å². The fourth-order valence-corrected chi connectivity index (χ4v) is 2.98. The van der Waals surface area contributed by atoms with Crippen molar-refractivity contribution >= 4 is 0 Å². The van der Waals surface area contributed by atoms with Crippen molar-refractivity contribution in [2.75, 3.05) is 7.05 Å². The lowest BCUT2D eigenvalue weighted by molar-refractivity contribution is 0.681. The topological polar surface area (TPSA) is 12.0 Å². The zero-order valence-electron chi connectivity index (χ0n) is 13.0. The highest BCUT2D eigenvalue weighted by Crippen LogP contribution is 2.28. The van der Waals surface area contributed by atoms with Crippen LogP contribution >= 0.6 is 0 Å². The maximum absolute atomic E-state index is 3.49. The first-order valence-electron chi connectivity index (χ1n) is 7.49. The van der Waals surface area contributed by atoms with Crippen molar-refractivity contribution in [1.82, 2.24) is 5.32 Å². The van der Waals surface area contributed by atoms with Crippen LogP contribution in [0.3, 0.4) is 0 Å².